The maximum Gasteiger partial charge on any atom is 0.136 e. The average molecular weight is 354 g/mol. The number of aryl methyl sites for hydroxylation is 2. The van der Waals surface area contributed by atoms with Gasteiger partial charge in [-0.2, -0.15) is 0 Å². The molecule has 0 fully saturated rings. The molecule has 0 atom stereocenters. The molecule has 0 amide bonds. The molecule has 2 aromatic rings. The van der Waals surface area contributed by atoms with Crippen LogP contribution in [0.25, 0.3) is 0 Å². The lowest BCUT2D eigenvalue weighted by Crippen LogP contribution is -2.03. The smallest absolute Gasteiger partial charge is 0.136 e. The average Bonchev–Trinajstić information content (AvgIpc) is 2.33. The Bertz CT molecular complexity index is 569. The molecule has 18 heavy (non-hydrogen) atoms. The standard InChI is InChI=1S/C13H15IN4/c1-3-12-17-11(15)7-13(18-12)16-10-6-9(14)5-4-8(10)2/h4-7H,3H2,1-2H3,(H3,15,16,17,18). The molecule has 0 aliphatic heterocycles. The van der Waals surface area contributed by atoms with Crippen LogP contribution in [0.2, 0.25) is 0 Å². The number of nitrogens with two attached hydrogens (primary N) is 1. The maximum absolute atomic E-state index is 5.76. The van der Waals surface area contributed by atoms with Crippen molar-refractivity contribution >= 4 is 39.9 Å². The normalized spacial score (nSPS) is 10.4. The molecule has 2 rings (SSSR count). The van der Waals surface area contributed by atoms with E-state index in [0.29, 0.717) is 5.82 Å². The SMILES string of the molecule is CCc1nc(N)cc(Nc2cc(I)ccc2C)n1. The number of halogens is 1. The summed E-state index contributed by atoms with van der Waals surface area (Å²) in [4.78, 5) is 8.57. The molecule has 4 nitrogen and oxygen atoms in total. The van der Waals surface area contributed by atoms with Crippen LogP contribution in [-0.2, 0) is 6.42 Å². The van der Waals surface area contributed by atoms with Gasteiger partial charge in [-0.1, -0.05) is 13.0 Å². The third-order valence-electron chi connectivity index (χ3n) is 2.57. The van der Waals surface area contributed by atoms with Crippen LogP contribution in [0, 0.1) is 10.5 Å². The predicted octanol–water partition coefficient (Wildman–Crippen LogP) is 3.28. The van der Waals surface area contributed by atoms with Crippen molar-refractivity contribution in [3.63, 3.8) is 0 Å². The molecule has 0 aliphatic rings. The Kier molecular flexibility index (Phi) is 4.00. The molecule has 0 aliphatic carbocycles. The van der Waals surface area contributed by atoms with Gasteiger partial charge in [-0.15, -0.1) is 0 Å². The summed E-state index contributed by atoms with van der Waals surface area (Å²) in [5, 5.41) is 3.29. The van der Waals surface area contributed by atoms with E-state index in [1.807, 2.05) is 6.92 Å². The number of hydrogen-bond donors (Lipinski definition) is 2. The van der Waals surface area contributed by atoms with E-state index in [1.54, 1.807) is 6.07 Å². The molecule has 0 spiro atoms. The maximum atomic E-state index is 5.76. The fraction of sp³-hybridized carbons (Fsp3) is 0.231. The molecule has 1 aromatic heterocycles. The lowest BCUT2D eigenvalue weighted by atomic mass is 10.2. The van der Waals surface area contributed by atoms with Crippen molar-refractivity contribution < 1.29 is 0 Å². The zero-order valence-corrected chi connectivity index (χ0v) is 12.5. The highest BCUT2D eigenvalue weighted by atomic mass is 127. The highest BCUT2D eigenvalue weighted by Gasteiger charge is 2.04. The van der Waals surface area contributed by atoms with Crippen molar-refractivity contribution in [3.05, 3.63) is 39.2 Å². The van der Waals surface area contributed by atoms with Crippen molar-refractivity contribution in [3.8, 4) is 0 Å². The minimum atomic E-state index is 0.493. The van der Waals surface area contributed by atoms with Crippen molar-refractivity contribution in [1.29, 1.82) is 0 Å². The van der Waals surface area contributed by atoms with Crippen molar-refractivity contribution in [2.75, 3.05) is 11.1 Å². The summed E-state index contributed by atoms with van der Waals surface area (Å²) in [6.45, 7) is 4.07. The lowest BCUT2D eigenvalue weighted by Gasteiger charge is -2.10. The Hall–Kier alpha value is -1.37. The Balaban J connectivity index is 2.33. The van der Waals surface area contributed by atoms with Crippen LogP contribution in [0.3, 0.4) is 0 Å². The summed E-state index contributed by atoms with van der Waals surface area (Å²) in [7, 11) is 0. The van der Waals surface area contributed by atoms with Gasteiger partial charge in [0.1, 0.15) is 17.5 Å². The highest BCUT2D eigenvalue weighted by molar-refractivity contribution is 14.1. The van der Waals surface area contributed by atoms with Gasteiger partial charge in [0.2, 0.25) is 0 Å². The Morgan fingerprint density at radius 2 is 2.06 bits per heavy atom. The second-order valence-electron chi connectivity index (χ2n) is 4.03. The van der Waals surface area contributed by atoms with Gasteiger partial charge in [-0.05, 0) is 47.2 Å². The number of nitrogens with one attached hydrogen (secondary N) is 1. The van der Waals surface area contributed by atoms with Crippen LogP contribution >= 0.6 is 22.6 Å². The van der Waals surface area contributed by atoms with Gasteiger partial charge in [0, 0.05) is 21.7 Å². The molecule has 0 saturated heterocycles. The van der Waals surface area contributed by atoms with Crippen LogP contribution in [-0.4, -0.2) is 9.97 Å². The number of nitrogens with zero attached hydrogens (tertiary/aromatic N) is 2. The molecular formula is C13H15IN4. The Morgan fingerprint density at radius 1 is 1.28 bits per heavy atom. The minimum absolute atomic E-state index is 0.493. The van der Waals surface area contributed by atoms with E-state index in [-0.39, 0.29) is 0 Å². The number of anilines is 3. The van der Waals surface area contributed by atoms with Crippen LogP contribution in [0.15, 0.2) is 24.3 Å². The van der Waals surface area contributed by atoms with Gasteiger partial charge < -0.3 is 11.1 Å². The highest BCUT2D eigenvalue weighted by Crippen LogP contribution is 2.22. The third kappa shape index (κ3) is 3.10. The zero-order chi connectivity index (χ0) is 13.1. The topological polar surface area (TPSA) is 63.8 Å². The second kappa shape index (κ2) is 5.51. The number of aromatic nitrogens is 2. The predicted molar refractivity (Wildman–Crippen MR) is 83.0 cm³/mol. The molecule has 0 radical (unpaired) electrons. The van der Waals surface area contributed by atoms with Crippen LogP contribution < -0.4 is 11.1 Å². The van der Waals surface area contributed by atoms with E-state index in [2.05, 4.69) is 63.0 Å². The fourth-order valence-electron chi connectivity index (χ4n) is 1.61. The summed E-state index contributed by atoms with van der Waals surface area (Å²) in [5.74, 6) is 1.98. The molecule has 94 valence electrons. The second-order valence-corrected chi connectivity index (χ2v) is 5.28. The van der Waals surface area contributed by atoms with Gasteiger partial charge >= 0.3 is 0 Å². The molecule has 5 heteroatoms. The van der Waals surface area contributed by atoms with E-state index in [9.17, 15) is 0 Å². The van der Waals surface area contributed by atoms with Gasteiger partial charge in [-0.3, -0.25) is 0 Å². The van der Waals surface area contributed by atoms with Gasteiger partial charge in [-0.25, -0.2) is 9.97 Å². The van der Waals surface area contributed by atoms with Crippen LogP contribution in [0.5, 0.6) is 0 Å². The third-order valence-corrected chi connectivity index (χ3v) is 3.24. The van der Waals surface area contributed by atoms with Gasteiger partial charge in [0.15, 0.2) is 0 Å². The number of hydrogen-bond acceptors (Lipinski definition) is 4. The summed E-state index contributed by atoms with van der Waals surface area (Å²) < 4.78 is 1.18. The first-order chi connectivity index (χ1) is 8.58. The van der Waals surface area contributed by atoms with Crippen molar-refractivity contribution in [2.24, 2.45) is 0 Å². The Labute approximate surface area is 120 Å². The van der Waals surface area contributed by atoms with Gasteiger partial charge in [0.25, 0.3) is 0 Å². The molecule has 0 bridgehead atoms. The first-order valence-electron chi connectivity index (χ1n) is 5.75. The van der Waals surface area contributed by atoms with Crippen molar-refractivity contribution in [2.45, 2.75) is 20.3 Å². The van der Waals surface area contributed by atoms with E-state index in [1.165, 1.54) is 9.13 Å². The largest absolute Gasteiger partial charge is 0.384 e. The number of nitrogen functional groups attached to an aromatic ring is 1. The molecule has 1 aromatic carbocycles. The quantitative estimate of drug-likeness (QED) is 0.831. The number of benzene rings is 1. The molecular weight excluding hydrogens is 339 g/mol. The Morgan fingerprint density at radius 3 is 2.78 bits per heavy atom. The summed E-state index contributed by atoms with van der Waals surface area (Å²) in [6, 6.07) is 7.99. The monoisotopic (exact) mass is 354 g/mol. The summed E-state index contributed by atoms with van der Waals surface area (Å²) in [6.07, 6.45) is 0.769. The van der Waals surface area contributed by atoms with Crippen LogP contribution in [0.4, 0.5) is 17.3 Å². The molecule has 1 heterocycles. The first kappa shape index (κ1) is 13.1. The molecule has 3 N–H and O–H groups in total. The first-order valence-corrected chi connectivity index (χ1v) is 6.83. The van der Waals surface area contributed by atoms with E-state index < -0.39 is 0 Å². The van der Waals surface area contributed by atoms with Crippen LogP contribution in [0.1, 0.15) is 18.3 Å². The number of rotatable bonds is 3. The van der Waals surface area contributed by atoms with Crippen molar-refractivity contribution in [1.82, 2.24) is 9.97 Å². The van der Waals surface area contributed by atoms with E-state index in [4.69, 9.17) is 5.73 Å². The van der Waals surface area contributed by atoms with E-state index >= 15 is 0 Å². The molecule has 0 saturated carbocycles. The molecule has 0 unspecified atom stereocenters. The summed E-state index contributed by atoms with van der Waals surface area (Å²) >= 11 is 2.29. The summed E-state index contributed by atoms with van der Waals surface area (Å²) in [5.41, 5.74) is 7.98. The fourth-order valence-corrected chi connectivity index (χ4v) is 2.10. The lowest BCUT2D eigenvalue weighted by molar-refractivity contribution is 0.948. The zero-order valence-electron chi connectivity index (χ0n) is 10.4. The minimum Gasteiger partial charge on any atom is -0.384 e. The van der Waals surface area contributed by atoms with Gasteiger partial charge in [0.05, 0.1) is 0 Å². The van der Waals surface area contributed by atoms with E-state index in [0.717, 1.165) is 23.8 Å².